The number of benzene rings is 1. The highest BCUT2D eigenvalue weighted by Gasteiger charge is 2.15. The largest absolute Gasteiger partial charge is 0.494 e. The fourth-order valence-corrected chi connectivity index (χ4v) is 1.78. The normalized spacial score (nSPS) is 14.5. The van der Waals surface area contributed by atoms with E-state index in [2.05, 4.69) is 30.1 Å². The summed E-state index contributed by atoms with van der Waals surface area (Å²) in [6.07, 6.45) is 1.16. The first-order valence-electron chi connectivity index (χ1n) is 4.78. The Labute approximate surface area is 79.1 Å². The van der Waals surface area contributed by atoms with Gasteiger partial charge in [0.25, 0.3) is 0 Å². The van der Waals surface area contributed by atoms with Gasteiger partial charge >= 0.3 is 0 Å². The van der Waals surface area contributed by atoms with Crippen LogP contribution < -0.4 is 9.64 Å². The topological polar surface area (TPSA) is 12.5 Å². The summed E-state index contributed by atoms with van der Waals surface area (Å²) < 4.78 is 5.45. The van der Waals surface area contributed by atoms with E-state index in [0.717, 1.165) is 25.3 Å². The number of nitrogens with zero attached hydrogens (tertiary/aromatic N) is 1. The van der Waals surface area contributed by atoms with E-state index in [1.54, 1.807) is 0 Å². The molecule has 0 radical (unpaired) electrons. The van der Waals surface area contributed by atoms with Gasteiger partial charge in [-0.15, -0.1) is 0 Å². The summed E-state index contributed by atoms with van der Waals surface area (Å²) in [5.41, 5.74) is 2.76. The number of fused-ring (bicyclic) bond motifs is 1. The maximum atomic E-state index is 5.45. The van der Waals surface area contributed by atoms with Crippen LogP contribution >= 0.6 is 0 Å². The Bertz CT molecular complexity index is 309. The first kappa shape index (κ1) is 8.42. The SMILES string of the molecule is CCOc1ccc2c(c1)N(C)CC2. The first-order chi connectivity index (χ1) is 6.31. The zero-order valence-electron chi connectivity index (χ0n) is 8.21. The molecular weight excluding hydrogens is 162 g/mol. The average molecular weight is 177 g/mol. The van der Waals surface area contributed by atoms with Gasteiger partial charge in [0, 0.05) is 25.3 Å². The lowest BCUT2D eigenvalue weighted by atomic mass is 10.1. The third kappa shape index (κ3) is 1.48. The lowest BCUT2D eigenvalue weighted by molar-refractivity contribution is 0.340. The summed E-state index contributed by atoms with van der Waals surface area (Å²) in [6.45, 7) is 3.88. The average Bonchev–Trinajstić information content (AvgIpc) is 2.49. The van der Waals surface area contributed by atoms with Crippen LogP contribution in [0.3, 0.4) is 0 Å². The van der Waals surface area contributed by atoms with Crippen molar-refractivity contribution in [1.29, 1.82) is 0 Å². The van der Waals surface area contributed by atoms with Gasteiger partial charge in [0.2, 0.25) is 0 Å². The Hall–Kier alpha value is -1.18. The monoisotopic (exact) mass is 177 g/mol. The minimum atomic E-state index is 0.739. The van der Waals surface area contributed by atoms with Crippen LogP contribution in [0.25, 0.3) is 0 Å². The van der Waals surface area contributed by atoms with Crippen LogP contribution in [0.4, 0.5) is 5.69 Å². The minimum Gasteiger partial charge on any atom is -0.494 e. The van der Waals surface area contributed by atoms with Gasteiger partial charge in [-0.3, -0.25) is 0 Å². The quantitative estimate of drug-likeness (QED) is 0.685. The fourth-order valence-electron chi connectivity index (χ4n) is 1.78. The van der Waals surface area contributed by atoms with Crippen LogP contribution in [-0.2, 0) is 6.42 Å². The van der Waals surface area contributed by atoms with Gasteiger partial charge in [0.15, 0.2) is 0 Å². The van der Waals surface area contributed by atoms with E-state index in [1.165, 1.54) is 11.3 Å². The second-order valence-electron chi connectivity index (χ2n) is 3.40. The molecule has 13 heavy (non-hydrogen) atoms. The maximum Gasteiger partial charge on any atom is 0.121 e. The molecule has 0 saturated carbocycles. The van der Waals surface area contributed by atoms with E-state index in [-0.39, 0.29) is 0 Å². The van der Waals surface area contributed by atoms with Crippen molar-refractivity contribution < 1.29 is 4.74 Å². The first-order valence-corrected chi connectivity index (χ1v) is 4.78. The summed E-state index contributed by atoms with van der Waals surface area (Å²) in [5, 5.41) is 0. The highest BCUT2D eigenvalue weighted by Crippen LogP contribution is 2.30. The molecule has 70 valence electrons. The molecule has 1 aliphatic rings. The van der Waals surface area contributed by atoms with E-state index < -0.39 is 0 Å². The van der Waals surface area contributed by atoms with Gasteiger partial charge in [0.05, 0.1) is 6.61 Å². The number of hydrogen-bond donors (Lipinski definition) is 0. The number of likely N-dealkylation sites (N-methyl/N-ethyl adjacent to an activating group) is 1. The molecule has 0 aromatic heterocycles. The lowest BCUT2D eigenvalue weighted by Gasteiger charge is -2.12. The van der Waals surface area contributed by atoms with Gasteiger partial charge in [-0.05, 0) is 25.0 Å². The number of anilines is 1. The summed E-state index contributed by atoms with van der Waals surface area (Å²) in [5.74, 6) is 0.981. The Morgan fingerprint density at radius 1 is 1.46 bits per heavy atom. The standard InChI is InChI=1S/C11H15NO/c1-3-13-10-5-4-9-6-7-12(2)11(9)8-10/h4-5,8H,3,6-7H2,1-2H3. The van der Waals surface area contributed by atoms with E-state index >= 15 is 0 Å². The van der Waals surface area contributed by atoms with E-state index in [4.69, 9.17) is 4.74 Å². The zero-order chi connectivity index (χ0) is 9.26. The number of rotatable bonds is 2. The summed E-state index contributed by atoms with van der Waals surface area (Å²) in [7, 11) is 2.13. The molecule has 0 N–H and O–H groups in total. The molecule has 0 aliphatic carbocycles. The fraction of sp³-hybridized carbons (Fsp3) is 0.455. The maximum absolute atomic E-state index is 5.45. The molecule has 1 aromatic carbocycles. The van der Waals surface area contributed by atoms with Crippen molar-refractivity contribution in [2.75, 3.05) is 25.1 Å². The molecule has 0 atom stereocenters. The Kier molecular flexibility index (Phi) is 2.13. The summed E-state index contributed by atoms with van der Waals surface area (Å²) in [6, 6.07) is 6.36. The molecule has 1 heterocycles. The molecule has 0 amide bonds. The van der Waals surface area contributed by atoms with Gasteiger partial charge in [-0.25, -0.2) is 0 Å². The van der Waals surface area contributed by atoms with E-state index in [0.29, 0.717) is 0 Å². The van der Waals surface area contributed by atoms with Gasteiger partial charge < -0.3 is 9.64 Å². The lowest BCUT2D eigenvalue weighted by Crippen LogP contribution is -2.12. The summed E-state index contributed by atoms with van der Waals surface area (Å²) in [4.78, 5) is 2.28. The molecule has 0 spiro atoms. The molecular formula is C11H15NO. The van der Waals surface area contributed by atoms with Gasteiger partial charge in [-0.2, -0.15) is 0 Å². The van der Waals surface area contributed by atoms with Crippen LogP contribution in [0.1, 0.15) is 12.5 Å². The van der Waals surface area contributed by atoms with Crippen molar-refractivity contribution >= 4 is 5.69 Å². The molecule has 0 fully saturated rings. The van der Waals surface area contributed by atoms with Crippen LogP contribution in [-0.4, -0.2) is 20.2 Å². The van der Waals surface area contributed by atoms with Crippen LogP contribution in [0.15, 0.2) is 18.2 Å². The molecule has 2 heteroatoms. The highest BCUT2D eigenvalue weighted by atomic mass is 16.5. The highest BCUT2D eigenvalue weighted by molar-refractivity contribution is 5.60. The Morgan fingerprint density at radius 2 is 2.31 bits per heavy atom. The van der Waals surface area contributed by atoms with Crippen molar-refractivity contribution in [1.82, 2.24) is 0 Å². The molecule has 0 bridgehead atoms. The predicted octanol–water partition coefficient (Wildman–Crippen LogP) is 2.08. The smallest absolute Gasteiger partial charge is 0.121 e. The van der Waals surface area contributed by atoms with Crippen LogP contribution in [0, 0.1) is 0 Å². The van der Waals surface area contributed by atoms with E-state index in [9.17, 15) is 0 Å². The Morgan fingerprint density at radius 3 is 3.08 bits per heavy atom. The Balaban J connectivity index is 2.31. The van der Waals surface area contributed by atoms with Gasteiger partial charge in [0.1, 0.15) is 5.75 Å². The summed E-state index contributed by atoms with van der Waals surface area (Å²) >= 11 is 0. The van der Waals surface area contributed by atoms with Crippen molar-refractivity contribution in [3.05, 3.63) is 23.8 Å². The molecule has 2 rings (SSSR count). The van der Waals surface area contributed by atoms with Crippen LogP contribution in [0.5, 0.6) is 5.75 Å². The second-order valence-corrected chi connectivity index (χ2v) is 3.40. The number of hydrogen-bond acceptors (Lipinski definition) is 2. The van der Waals surface area contributed by atoms with Crippen LogP contribution in [0.2, 0.25) is 0 Å². The molecule has 2 nitrogen and oxygen atoms in total. The third-order valence-electron chi connectivity index (χ3n) is 2.50. The third-order valence-corrected chi connectivity index (χ3v) is 2.50. The molecule has 0 unspecified atom stereocenters. The zero-order valence-corrected chi connectivity index (χ0v) is 8.21. The predicted molar refractivity (Wildman–Crippen MR) is 54.6 cm³/mol. The molecule has 1 aliphatic heterocycles. The molecule has 1 aromatic rings. The van der Waals surface area contributed by atoms with Crippen molar-refractivity contribution in [3.63, 3.8) is 0 Å². The van der Waals surface area contributed by atoms with Crippen molar-refractivity contribution in [2.24, 2.45) is 0 Å². The van der Waals surface area contributed by atoms with Crippen molar-refractivity contribution in [3.8, 4) is 5.75 Å². The number of ether oxygens (including phenoxy) is 1. The van der Waals surface area contributed by atoms with Crippen molar-refractivity contribution in [2.45, 2.75) is 13.3 Å². The second kappa shape index (κ2) is 3.29. The van der Waals surface area contributed by atoms with Gasteiger partial charge in [-0.1, -0.05) is 6.07 Å². The van der Waals surface area contributed by atoms with E-state index in [1.807, 2.05) is 6.92 Å². The minimum absolute atomic E-state index is 0.739. The molecule has 0 saturated heterocycles.